The normalized spacial score (nSPS) is 16.7. The van der Waals surface area contributed by atoms with Crippen molar-refractivity contribution in [1.29, 1.82) is 0 Å². The van der Waals surface area contributed by atoms with Crippen molar-refractivity contribution in [2.75, 3.05) is 4.90 Å². The van der Waals surface area contributed by atoms with Crippen LogP contribution in [0, 0.1) is 5.82 Å². The molecular weight excluding hydrogens is 499 g/mol. The summed E-state index contributed by atoms with van der Waals surface area (Å²) in [6.45, 7) is -0.185. The molecule has 0 aromatic heterocycles. The van der Waals surface area contributed by atoms with Crippen molar-refractivity contribution in [3.05, 3.63) is 94.7 Å². The lowest BCUT2D eigenvalue weighted by Crippen LogP contribution is -2.45. The maximum Gasteiger partial charge on any atom is 0.252 e. The number of benzene rings is 3. The van der Waals surface area contributed by atoms with Crippen molar-refractivity contribution in [2.45, 2.75) is 23.9 Å². The molecule has 1 heterocycles. The fourth-order valence-corrected chi connectivity index (χ4v) is 5.42. The number of carbonyl (C=O) groups is 2. The average molecular weight is 517 g/mol. The van der Waals surface area contributed by atoms with Crippen LogP contribution in [0.25, 0.3) is 0 Å². The molecule has 9 heteroatoms. The summed E-state index contributed by atoms with van der Waals surface area (Å²) in [5.41, 5.74) is 0.859. The lowest BCUT2D eigenvalue weighted by molar-refractivity contribution is -0.122. The molecule has 32 heavy (non-hydrogen) atoms. The van der Waals surface area contributed by atoms with E-state index >= 15 is 0 Å². The van der Waals surface area contributed by atoms with Gasteiger partial charge in [-0.05, 0) is 54.1 Å². The Morgan fingerprint density at radius 3 is 2.19 bits per heavy atom. The summed E-state index contributed by atoms with van der Waals surface area (Å²) >= 11 is 3.31. The van der Waals surface area contributed by atoms with Gasteiger partial charge < -0.3 is 0 Å². The van der Waals surface area contributed by atoms with Gasteiger partial charge >= 0.3 is 0 Å². The Bertz CT molecular complexity index is 1250. The molecule has 0 spiro atoms. The second-order valence-corrected chi connectivity index (χ2v) is 10.1. The number of imide groups is 1. The number of rotatable bonds is 6. The Balaban J connectivity index is 1.74. The van der Waals surface area contributed by atoms with Gasteiger partial charge in [-0.15, -0.1) is 0 Å². The standard InChI is InChI=1S/C23H18BrFN2O4S/c24-17-8-12-19(13-9-17)27-22(28)14-21(23(27)29)26(15-16-6-10-18(25)11-7-16)32(30,31)20-4-2-1-3-5-20/h1-13,21H,14-15H2. The molecule has 164 valence electrons. The number of hydrogen-bond acceptors (Lipinski definition) is 4. The molecule has 3 aromatic rings. The quantitative estimate of drug-likeness (QED) is 0.462. The van der Waals surface area contributed by atoms with E-state index in [2.05, 4.69) is 15.9 Å². The van der Waals surface area contributed by atoms with Gasteiger partial charge in [-0.25, -0.2) is 17.7 Å². The van der Waals surface area contributed by atoms with Gasteiger partial charge in [-0.3, -0.25) is 9.59 Å². The van der Waals surface area contributed by atoms with Crippen LogP contribution in [0.3, 0.4) is 0 Å². The first-order valence-electron chi connectivity index (χ1n) is 9.71. The van der Waals surface area contributed by atoms with Crippen LogP contribution in [-0.4, -0.2) is 30.6 Å². The molecule has 6 nitrogen and oxygen atoms in total. The fourth-order valence-electron chi connectivity index (χ4n) is 3.56. The minimum Gasteiger partial charge on any atom is -0.274 e. The predicted molar refractivity (Wildman–Crippen MR) is 121 cm³/mol. The molecule has 4 rings (SSSR count). The first-order chi connectivity index (χ1) is 15.3. The molecule has 0 bridgehead atoms. The van der Waals surface area contributed by atoms with Crippen LogP contribution in [0.2, 0.25) is 0 Å². The van der Waals surface area contributed by atoms with Crippen LogP contribution in [0.4, 0.5) is 10.1 Å². The van der Waals surface area contributed by atoms with Gasteiger partial charge in [0.1, 0.15) is 11.9 Å². The van der Waals surface area contributed by atoms with Gasteiger partial charge in [0.15, 0.2) is 0 Å². The van der Waals surface area contributed by atoms with E-state index in [1.165, 1.54) is 36.4 Å². The van der Waals surface area contributed by atoms with E-state index in [1.807, 2.05) is 0 Å². The number of nitrogens with zero attached hydrogens (tertiary/aromatic N) is 2. The Morgan fingerprint density at radius 1 is 0.938 bits per heavy atom. The van der Waals surface area contributed by atoms with Crippen LogP contribution in [0.15, 0.2) is 88.2 Å². The molecule has 1 saturated heterocycles. The predicted octanol–water partition coefficient (Wildman–Crippen LogP) is 4.11. The number of carbonyl (C=O) groups excluding carboxylic acids is 2. The van der Waals surface area contributed by atoms with Gasteiger partial charge in [0.2, 0.25) is 15.9 Å². The summed E-state index contributed by atoms with van der Waals surface area (Å²) < 4.78 is 42.2. The fraction of sp³-hybridized carbons (Fsp3) is 0.130. The minimum absolute atomic E-state index is 0.00412. The Morgan fingerprint density at radius 2 is 1.56 bits per heavy atom. The highest BCUT2D eigenvalue weighted by molar-refractivity contribution is 9.10. The summed E-state index contributed by atoms with van der Waals surface area (Å²) in [5.74, 6) is -1.58. The molecule has 0 aliphatic carbocycles. The first-order valence-corrected chi connectivity index (χ1v) is 11.9. The molecule has 2 amide bonds. The molecule has 0 saturated carbocycles. The Labute approximate surface area is 193 Å². The number of halogens is 2. The van der Waals surface area contributed by atoms with Crippen molar-refractivity contribution in [3.8, 4) is 0 Å². The van der Waals surface area contributed by atoms with Crippen LogP contribution in [0.5, 0.6) is 0 Å². The molecule has 1 aliphatic rings. The number of anilines is 1. The third-order valence-electron chi connectivity index (χ3n) is 5.16. The van der Waals surface area contributed by atoms with E-state index in [-0.39, 0.29) is 17.9 Å². The second-order valence-electron chi connectivity index (χ2n) is 7.25. The topological polar surface area (TPSA) is 74.8 Å². The lowest BCUT2D eigenvalue weighted by Gasteiger charge is -2.27. The Hall–Kier alpha value is -2.88. The second kappa shape index (κ2) is 8.93. The van der Waals surface area contributed by atoms with Gasteiger partial charge in [-0.1, -0.05) is 46.3 Å². The van der Waals surface area contributed by atoms with E-state index in [0.29, 0.717) is 11.3 Å². The van der Waals surface area contributed by atoms with Gasteiger partial charge in [0.25, 0.3) is 5.91 Å². The van der Waals surface area contributed by atoms with Crippen molar-refractivity contribution in [3.63, 3.8) is 0 Å². The van der Waals surface area contributed by atoms with Crippen LogP contribution >= 0.6 is 15.9 Å². The monoisotopic (exact) mass is 516 g/mol. The number of amides is 2. The SMILES string of the molecule is O=C1CC(N(Cc2ccc(F)cc2)S(=O)(=O)c2ccccc2)C(=O)N1c1ccc(Br)cc1. The molecule has 1 aliphatic heterocycles. The maximum atomic E-state index is 13.5. The maximum absolute atomic E-state index is 13.5. The third-order valence-corrected chi connectivity index (χ3v) is 7.55. The van der Waals surface area contributed by atoms with E-state index in [9.17, 15) is 22.4 Å². The van der Waals surface area contributed by atoms with Crippen molar-refractivity contribution in [2.24, 2.45) is 0 Å². The number of hydrogen-bond donors (Lipinski definition) is 0. The van der Waals surface area contributed by atoms with Gasteiger partial charge in [-0.2, -0.15) is 4.31 Å². The molecule has 3 aromatic carbocycles. The molecular formula is C23H18BrFN2O4S. The largest absolute Gasteiger partial charge is 0.274 e. The highest BCUT2D eigenvalue weighted by Gasteiger charge is 2.46. The first kappa shape index (κ1) is 22.3. The molecule has 1 fully saturated rings. The summed E-state index contributed by atoms with van der Waals surface area (Å²) in [6.07, 6.45) is -0.290. The molecule has 0 radical (unpaired) electrons. The zero-order valence-corrected chi connectivity index (χ0v) is 19.1. The van der Waals surface area contributed by atoms with Gasteiger partial charge in [0.05, 0.1) is 17.0 Å². The number of sulfonamides is 1. The molecule has 0 N–H and O–H groups in total. The van der Waals surface area contributed by atoms with Crippen LogP contribution in [0.1, 0.15) is 12.0 Å². The van der Waals surface area contributed by atoms with Crippen molar-refractivity contribution in [1.82, 2.24) is 4.31 Å². The van der Waals surface area contributed by atoms with Gasteiger partial charge in [0, 0.05) is 11.0 Å². The lowest BCUT2D eigenvalue weighted by atomic mass is 10.2. The minimum atomic E-state index is -4.13. The third kappa shape index (κ3) is 4.36. The average Bonchev–Trinajstić information content (AvgIpc) is 3.08. The van der Waals surface area contributed by atoms with E-state index in [4.69, 9.17) is 0 Å². The van der Waals surface area contributed by atoms with E-state index in [0.717, 1.165) is 13.7 Å². The van der Waals surface area contributed by atoms with E-state index in [1.54, 1.807) is 42.5 Å². The zero-order valence-electron chi connectivity index (χ0n) is 16.7. The summed E-state index contributed by atoms with van der Waals surface area (Å²) in [5, 5.41) is 0. The van der Waals surface area contributed by atoms with Crippen LogP contribution < -0.4 is 4.90 Å². The summed E-state index contributed by atoms with van der Waals surface area (Å²) in [6, 6.07) is 18.4. The Kier molecular flexibility index (Phi) is 6.23. The summed E-state index contributed by atoms with van der Waals surface area (Å²) in [4.78, 5) is 27.1. The molecule has 1 unspecified atom stereocenters. The van der Waals surface area contributed by atoms with Crippen molar-refractivity contribution >= 4 is 43.5 Å². The highest BCUT2D eigenvalue weighted by Crippen LogP contribution is 2.31. The summed E-state index contributed by atoms with van der Waals surface area (Å²) in [7, 11) is -4.13. The van der Waals surface area contributed by atoms with Crippen molar-refractivity contribution < 1.29 is 22.4 Å². The molecule has 1 atom stereocenters. The highest BCUT2D eigenvalue weighted by atomic mass is 79.9. The zero-order chi connectivity index (χ0) is 22.9. The van der Waals surface area contributed by atoms with Crippen LogP contribution in [-0.2, 0) is 26.2 Å². The van der Waals surface area contributed by atoms with E-state index < -0.39 is 33.7 Å². The smallest absolute Gasteiger partial charge is 0.252 e.